The molecule has 1 saturated carbocycles. The molecule has 1 fully saturated rings. The van der Waals surface area contributed by atoms with Gasteiger partial charge in [-0.05, 0) is 51.0 Å². The number of rotatable bonds is 4. The molecule has 8 nitrogen and oxygen atoms in total. The van der Waals surface area contributed by atoms with Crippen molar-refractivity contribution in [2.24, 2.45) is 0 Å². The summed E-state index contributed by atoms with van der Waals surface area (Å²) in [4.78, 5) is 23.7. The van der Waals surface area contributed by atoms with Crippen LogP contribution in [0, 0.1) is 0 Å². The monoisotopic (exact) mass is 312 g/mol. The van der Waals surface area contributed by atoms with Crippen molar-refractivity contribution < 1.29 is 9.59 Å². The average molecular weight is 312 g/mol. The average Bonchev–Trinajstić information content (AvgIpc) is 3.07. The minimum atomic E-state index is -0.498. The van der Waals surface area contributed by atoms with Gasteiger partial charge in [-0.1, -0.05) is 11.8 Å². The lowest BCUT2D eigenvalue weighted by molar-refractivity contribution is -0.119. The molecule has 2 N–H and O–H groups in total. The first-order valence-electron chi connectivity index (χ1n) is 6.84. The van der Waals surface area contributed by atoms with Gasteiger partial charge in [-0.3, -0.25) is 10.1 Å². The smallest absolute Gasteiger partial charge is 0.321 e. The third-order valence-electron chi connectivity index (χ3n) is 2.73. The normalized spacial score (nSPS) is 16.4. The van der Waals surface area contributed by atoms with Gasteiger partial charge < -0.3 is 5.32 Å². The Balaban J connectivity index is 1.87. The maximum Gasteiger partial charge on any atom is 0.321 e. The van der Waals surface area contributed by atoms with Gasteiger partial charge in [0.15, 0.2) is 0 Å². The fourth-order valence-electron chi connectivity index (χ4n) is 1.61. The van der Waals surface area contributed by atoms with Crippen molar-refractivity contribution in [3.05, 3.63) is 0 Å². The van der Waals surface area contributed by atoms with Crippen molar-refractivity contribution in [2.75, 3.05) is 0 Å². The molecular weight excluding hydrogens is 292 g/mol. The van der Waals surface area contributed by atoms with Gasteiger partial charge in [0.1, 0.15) is 0 Å². The molecule has 0 spiro atoms. The van der Waals surface area contributed by atoms with Crippen molar-refractivity contribution in [1.82, 2.24) is 30.8 Å². The molecule has 1 aromatic heterocycles. The van der Waals surface area contributed by atoms with Gasteiger partial charge in [0.05, 0.1) is 11.3 Å². The van der Waals surface area contributed by atoms with E-state index in [0.717, 1.165) is 12.8 Å². The third kappa shape index (κ3) is 4.69. The second-order valence-corrected chi connectivity index (χ2v) is 7.40. The van der Waals surface area contributed by atoms with Gasteiger partial charge in [0, 0.05) is 5.54 Å². The van der Waals surface area contributed by atoms with E-state index in [0.29, 0.717) is 11.2 Å². The summed E-state index contributed by atoms with van der Waals surface area (Å²) in [6.45, 7) is 7.26. The van der Waals surface area contributed by atoms with Gasteiger partial charge in [-0.25, -0.2) is 9.48 Å². The van der Waals surface area contributed by atoms with Crippen LogP contribution < -0.4 is 10.6 Å². The summed E-state index contributed by atoms with van der Waals surface area (Å²) < 4.78 is 1.74. The number of tetrazole rings is 1. The molecule has 1 heterocycles. The van der Waals surface area contributed by atoms with Crippen LogP contribution in [0.3, 0.4) is 0 Å². The number of carbonyl (C=O) groups is 2. The number of carbonyl (C=O) groups excluding carboxylic acids is 2. The second-order valence-electron chi connectivity index (χ2n) is 6.09. The number of nitrogens with zero attached hydrogens (tertiary/aromatic N) is 4. The van der Waals surface area contributed by atoms with E-state index < -0.39 is 16.8 Å². The molecule has 2 rings (SSSR count). The molecule has 0 aliphatic heterocycles. The van der Waals surface area contributed by atoms with Crippen LogP contribution in [0.2, 0.25) is 0 Å². The van der Waals surface area contributed by atoms with Crippen LogP contribution in [-0.4, -0.2) is 42.9 Å². The Hall–Kier alpha value is -1.64. The van der Waals surface area contributed by atoms with Crippen LogP contribution in [0.15, 0.2) is 5.16 Å². The zero-order valence-corrected chi connectivity index (χ0v) is 13.4. The number of imide groups is 1. The summed E-state index contributed by atoms with van der Waals surface area (Å²) in [6.07, 6.45) is 2.13. The van der Waals surface area contributed by atoms with Gasteiger partial charge in [0.2, 0.25) is 11.1 Å². The Kier molecular flexibility index (Phi) is 4.50. The number of hydrogen-bond acceptors (Lipinski definition) is 6. The highest BCUT2D eigenvalue weighted by atomic mass is 32.2. The number of aromatic nitrogens is 4. The molecule has 1 atom stereocenters. The molecule has 9 heteroatoms. The van der Waals surface area contributed by atoms with E-state index in [1.807, 2.05) is 20.8 Å². The molecule has 1 aliphatic carbocycles. The molecule has 21 heavy (non-hydrogen) atoms. The minimum Gasteiger partial charge on any atom is -0.333 e. The molecule has 0 aromatic carbocycles. The van der Waals surface area contributed by atoms with E-state index in [1.54, 1.807) is 11.6 Å². The molecule has 116 valence electrons. The fourth-order valence-corrected chi connectivity index (χ4v) is 2.47. The number of urea groups is 1. The molecule has 0 saturated heterocycles. The zero-order valence-electron chi connectivity index (χ0n) is 12.6. The highest BCUT2D eigenvalue weighted by Gasteiger charge is 2.29. The molecule has 3 amide bonds. The minimum absolute atomic E-state index is 0.349. The quantitative estimate of drug-likeness (QED) is 0.808. The Morgan fingerprint density at radius 1 is 1.38 bits per heavy atom. The molecule has 0 bridgehead atoms. The fraction of sp³-hybridized carbons (Fsp3) is 0.750. The van der Waals surface area contributed by atoms with Crippen molar-refractivity contribution in [3.8, 4) is 0 Å². The SMILES string of the molecule is CC(Sc1nnnn1C1CC1)C(=O)NC(=O)NC(C)(C)C. The predicted molar refractivity (Wildman–Crippen MR) is 77.8 cm³/mol. The van der Waals surface area contributed by atoms with Crippen molar-refractivity contribution in [3.63, 3.8) is 0 Å². The van der Waals surface area contributed by atoms with Crippen LogP contribution in [-0.2, 0) is 4.79 Å². The first-order chi connectivity index (χ1) is 9.76. The third-order valence-corrected chi connectivity index (χ3v) is 3.78. The maximum absolute atomic E-state index is 12.0. The van der Waals surface area contributed by atoms with E-state index in [1.165, 1.54) is 11.8 Å². The summed E-state index contributed by atoms with van der Waals surface area (Å²) in [5.41, 5.74) is -0.392. The van der Waals surface area contributed by atoms with Gasteiger partial charge >= 0.3 is 6.03 Å². The molecular formula is C12H20N6O2S. The van der Waals surface area contributed by atoms with E-state index in [9.17, 15) is 9.59 Å². The summed E-state index contributed by atoms with van der Waals surface area (Å²) >= 11 is 1.25. The van der Waals surface area contributed by atoms with E-state index >= 15 is 0 Å². The topological polar surface area (TPSA) is 102 Å². The summed E-state index contributed by atoms with van der Waals surface area (Å²) in [7, 11) is 0. The summed E-state index contributed by atoms with van der Waals surface area (Å²) in [5.74, 6) is -0.368. The van der Waals surface area contributed by atoms with E-state index in [-0.39, 0.29) is 5.91 Å². The number of hydrogen-bond donors (Lipinski definition) is 2. The van der Waals surface area contributed by atoms with Gasteiger partial charge in [0.25, 0.3) is 0 Å². The van der Waals surface area contributed by atoms with Crippen LogP contribution >= 0.6 is 11.8 Å². The van der Waals surface area contributed by atoms with E-state index in [4.69, 9.17) is 0 Å². The van der Waals surface area contributed by atoms with Crippen molar-refractivity contribution >= 4 is 23.7 Å². The van der Waals surface area contributed by atoms with Crippen LogP contribution in [0.25, 0.3) is 0 Å². The Morgan fingerprint density at radius 2 is 2.05 bits per heavy atom. The standard InChI is InChI=1S/C12H20N6O2S/c1-7(9(19)13-10(20)14-12(2,3)4)21-11-15-16-17-18(11)8-5-6-8/h7-8H,5-6H2,1-4H3,(H2,13,14,19,20). The lowest BCUT2D eigenvalue weighted by atomic mass is 10.1. The molecule has 1 aliphatic rings. The van der Waals surface area contributed by atoms with Crippen LogP contribution in [0.4, 0.5) is 4.79 Å². The predicted octanol–water partition coefficient (Wildman–Crippen LogP) is 1.11. The first kappa shape index (κ1) is 15.7. The lowest BCUT2D eigenvalue weighted by Crippen LogP contribution is -2.49. The number of amides is 3. The Morgan fingerprint density at radius 3 is 2.62 bits per heavy atom. The zero-order chi connectivity index (χ0) is 15.6. The summed E-state index contributed by atoms with van der Waals surface area (Å²) in [6, 6.07) is -0.149. The van der Waals surface area contributed by atoms with Crippen LogP contribution in [0.1, 0.15) is 46.6 Å². The molecule has 1 aromatic rings. The first-order valence-corrected chi connectivity index (χ1v) is 7.72. The van der Waals surface area contributed by atoms with Crippen LogP contribution in [0.5, 0.6) is 0 Å². The molecule has 1 unspecified atom stereocenters. The highest BCUT2D eigenvalue weighted by Crippen LogP contribution is 2.37. The van der Waals surface area contributed by atoms with Gasteiger partial charge in [-0.15, -0.1) is 5.10 Å². The van der Waals surface area contributed by atoms with E-state index in [2.05, 4.69) is 26.2 Å². The lowest BCUT2D eigenvalue weighted by Gasteiger charge is -2.21. The van der Waals surface area contributed by atoms with Gasteiger partial charge in [-0.2, -0.15) is 0 Å². The number of nitrogens with one attached hydrogen (secondary N) is 2. The maximum atomic E-state index is 12.0. The summed E-state index contributed by atoms with van der Waals surface area (Å²) in [5, 5.41) is 16.6. The Labute approximate surface area is 127 Å². The Bertz CT molecular complexity index is 534. The molecule has 0 radical (unpaired) electrons. The van der Waals surface area contributed by atoms with Crippen molar-refractivity contribution in [1.29, 1.82) is 0 Å². The second kappa shape index (κ2) is 6.00. The highest BCUT2D eigenvalue weighted by molar-refractivity contribution is 8.00. The number of thioether (sulfide) groups is 1. The largest absolute Gasteiger partial charge is 0.333 e. The van der Waals surface area contributed by atoms with Crippen molar-refractivity contribution in [2.45, 2.75) is 62.5 Å².